The van der Waals surface area contributed by atoms with Gasteiger partial charge >= 0.3 is 12.4 Å². The number of carbonyl (C=O) groups is 2. The summed E-state index contributed by atoms with van der Waals surface area (Å²) in [6, 6.07) is 10.8. The van der Waals surface area contributed by atoms with Gasteiger partial charge in [0.15, 0.2) is 0 Å². The van der Waals surface area contributed by atoms with Crippen molar-refractivity contribution in [2.75, 3.05) is 0 Å². The van der Waals surface area contributed by atoms with Crippen LogP contribution in [-0.4, -0.2) is 24.3 Å². The van der Waals surface area contributed by atoms with Crippen LogP contribution >= 0.6 is 0 Å². The molecule has 0 aromatic heterocycles. The second-order valence-corrected chi connectivity index (χ2v) is 24.2. The topological polar surface area (TPSA) is 80.3 Å². The molecule has 0 N–H and O–H groups in total. The van der Waals surface area contributed by atoms with Crippen molar-refractivity contribution in [1.29, 1.82) is 0 Å². The number of rotatable bonds is 2. The lowest BCUT2D eigenvalue weighted by Crippen LogP contribution is -2.37. The third-order valence-electron chi connectivity index (χ3n) is 21.1. The van der Waals surface area contributed by atoms with Gasteiger partial charge in [0.2, 0.25) is 0 Å². The van der Waals surface area contributed by atoms with Crippen LogP contribution in [0.1, 0.15) is 292 Å². The Kier molecular flexibility index (Phi) is 10.9. The standard InChI is InChI=1S/C56H64.2C2HF3O2/c1-2-41(55-51-37-20-12-33(13-21-37)47(51)43-29-4-5-30(7-6-29)44(43)48-34-14-22-38(23-15-34)52(48)55)28-42(3-1)56-53-39-24-16-35(17-25-39)49(53)45-31-8-9-32(11-10-31)46(45)50-36-18-26-40(27-19-36)54(50)56;2*3-2(4,5)1(6)7/h1-3,28-40H,4-27H2;2*(H,6,7)/q+2;;/p-2. The van der Waals surface area contributed by atoms with Gasteiger partial charge in [-0.15, -0.1) is 0 Å². The first-order valence-electron chi connectivity index (χ1n) is 27.5. The van der Waals surface area contributed by atoms with Crippen molar-refractivity contribution in [3.05, 3.63) is 91.0 Å². The van der Waals surface area contributed by atoms with Crippen LogP contribution in [-0.2, 0) is 9.59 Å². The molecule has 10 heteroatoms. The first-order valence-corrected chi connectivity index (χ1v) is 27.5. The summed E-state index contributed by atoms with van der Waals surface area (Å²) in [6.45, 7) is 0. The Labute approximate surface area is 407 Å². The molecule has 370 valence electrons. The van der Waals surface area contributed by atoms with Gasteiger partial charge < -0.3 is 19.8 Å². The van der Waals surface area contributed by atoms with E-state index in [4.69, 9.17) is 19.8 Å². The highest BCUT2D eigenvalue weighted by Gasteiger charge is 2.54. The number of carboxylic acid groups (broad SMARTS) is 2. The van der Waals surface area contributed by atoms with E-state index in [9.17, 15) is 26.3 Å². The molecule has 4 nitrogen and oxygen atoms in total. The van der Waals surface area contributed by atoms with Crippen molar-refractivity contribution in [3.63, 3.8) is 0 Å². The van der Waals surface area contributed by atoms with Gasteiger partial charge in [0.1, 0.15) is 23.1 Å². The molecule has 6 fully saturated rings. The molecule has 70 heavy (non-hydrogen) atoms. The van der Waals surface area contributed by atoms with Crippen LogP contribution in [0.2, 0.25) is 0 Å². The van der Waals surface area contributed by atoms with E-state index in [1.54, 1.807) is 11.1 Å². The van der Waals surface area contributed by atoms with Gasteiger partial charge in [-0.05, 0) is 196 Å². The van der Waals surface area contributed by atoms with Gasteiger partial charge in [-0.1, -0.05) is 0 Å². The molecule has 0 spiro atoms. The maximum absolute atomic E-state index is 10.5. The number of carbonyl (C=O) groups excluding carboxylic acids is 2. The Balaban J connectivity index is 0.000000304. The molecule has 0 aliphatic heterocycles. The Hall–Kier alpha value is -4.08. The second kappa shape index (κ2) is 16.7. The highest BCUT2D eigenvalue weighted by atomic mass is 19.4. The molecule has 3 aromatic rings. The number of aliphatic carboxylic acids is 2. The maximum Gasteiger partial charge on any atom is 0.430 e. The zero-order chi connectivity index (χ0) is 48.1. The van der Waals surface area contributed by atoms with Crippen LogP contribution in [0.25, 0.3) is 22.3 Å². The zero-order valence-electron chi connectivity index (χ0n) is 40.1. The lowest BCUT2D eigenvalue weighted by Gasteiger charge is -2.43. The highest BCUT2D eigenvalue weighted by molar-refractivity contribution is 5.85. The molecule has 18 aliphatic rings. The molecular formula is C60H64F6O4. The van der Waals surface area contributed by atoms with Crippen LogP contribution in [0.4, 0.5) is 26.3 Å². The van der Waals surface area contributed by atoms with E-state index in [1.165, 1.54) is 154 Å². The Morgan fingerprint density at radius 1 is 0.371 bits per heavy atom. The van der Waals surface area contributed by atoms with Crippen LogP contribution in [0.15, 0.2) is 24.3 Å². The average molecular weight is 963 g/mol. The molecule has 12 bridgehead atoms. The summed E-state index contributed by atoms with van der Waals surface area (Å²) >= 11 is 0. The molecule has 0 saturated heterocycles. The van der Waals surface area contributed by atoms with Crippen molar-refractivity contribution in [3.8, 4) is 22.3 Å². The van der Waals surface area contributed by atoms with E-state index in [0.717, 1.165) is 71.0 Å². The Morgan fingerprint density at radius 2 is 0.600 bits per heavy atom. The molecule has 0 heterocycles. The molecular weight excluding hydrogens is 899 g/mol. The minimum absolute atomic E-state index is 0.791. The van der Waals surface area contributed by atoms with Crippen molar-refractivity contribution >= 4 is 11.9 Å². The number of alkyl halides is 6. The minimum atomic E-state index is -5.19. The summed E-state index contributed by atoms with van der Waals surface area (Å²) in [7, 11) is 0. The van der Waals surface area contributed by atoms with Crippen molar-refractivity contribution in [2.45, 2.75) is 237 Å². The van der Waals surface area contributed by atoms with E-state index in [1.807, 2.05) is 77.9 Å². The summed E-state index contributed by atoms with van der Waals surface area (Å²) in [5.74, 6) is 3.89. The normalized spacial score (nSPS) is 33.6. The van der Waals surface area contributed by atoms with Crippen LogP contribution in [0, 0.1) is 0 Å². The third kappa shape index (κ3) is 7.02. The number of fused-ring (bicyclic) bond motifs is 12. The van der Waals surface area contributed by atoms with Crippen molar-refractivity contribution in [2.24, 2.45) is 0 Å². The highest BCUT2D eigenvalue weighted by Crippen LogP contribution is 2.68. The van der Waals surface area contributed by atoms with E-state index in [2.05, 4.69) is 24.3 Å². The molecule has 0 radical (unpaired) electrons. The molecule has 18 aliphatic carbocycles. The quantitative estimate of drug-likeness (QED) is 0.189. The molecule has 6 saturated carbocycles. The van der Waals surface area contributed by atoms with Crippen LogP contribution in [0.5, 0.6) is 0 Å². The second-order valence-electron chi connectivity index (χ2n) is 24.2. The molecule has 3 aromatic carbocycles. The first-order chi connectivity index (χ1) is 33.7. The third-order valence-corrected chi connectivity index (χ3v) is 21.1. The SMILES string of the molecule is O=C([O-])C(F)(F)F.O=C([O-])C(F)(F)F.c1cc(-c2c3c(c4c(c5[c+]2C2CCC5CC2)C2CCC4CC2)C2CCC3CC2)cc(-c2c3c(c4c(c5[c+]2C2CCC5CC2)C2CCC4CC2)C2CCC3CC2)c1. The van der Waals surface area contributed by atoms with E-state index in [0.29, 0.717) is 0 Å². The Morgan fingerprint density at radius 3 is 0.871 bits per heavy atom. The summed E-state index contributed by atoms with van der Waals surface area (Å²) < 4.78 is 63.1. The fourth-order valence-corrected chi connectivity index (χ4v) is 18.7. The predicted octanol–water partition coefficient (Wildman–Crippen LogP) is 14.7. The maximum atomic E-state index is 10.5. The molecule has 0 unspecified atom stereocenters. The van der Waals surface area contributed by atoms with Gasteiger partial charge in [-0.2, -0.15) is 26.3 Å². The predicted molar refractivity (Wildman–Crippen MR) is 252 cm³/mol. The van der Waals surface area contributed by atoms with Crippen molar-refractivity contribution < 1.29 is 46.1 Å². The summed E-state index contributed by atoms with van der Waals surface area (Å²) in [4.78, 5) is 17.6. The number of halogens is 6. The zero-order valence-corrected chi connectivity index (χ0v) is 40.1. The van der Waals surface area contributed by atoms with E-state index in [-0.39, 0.29) is 0 Å². The fraction of sp³-hybridized carbons (Fsp3) is 0.633. The number of hydrogen-bond acceptors (Lipinski definition) is 4. The fourth-order valence-electron chi connectivity index (χ4n) is 18.7. The Bertz CT molecular complexity index is 2370. The molecule has 0 amide bonds. The van der Waals surface area contributed by atoms with Gasteiger partial charge in [0.25, 0.3) is 0 Å². The number of benzene rings is 1. The smallest absolute Gasteiger partial charge is 0.430 e. The van der Waals surface area contributed by atoms with Gasteiger partial charge in [0, 0.05) is 109 Å². The monoisotopic (exact) mass is 962 g/mol. The molecule has 21 rings (SSSR count). The van der Waals surface area contributed by atoms with Gasteiger partial charge in [0.05, 0.1) is 22.3 Å². The first kappa shape index (κ1) is 45.8. The lowest BCUT2D eigenvalue weighted by atomic mass is 9.58. The minimum Gasteiger partial charge on any atom is -0.542 e. The van der Waals surface area contributed by atoms with Gasteiger partial charge in [-0.25, -0.2) is 0 Å². The molecule has 0 atom stereocenters. The average Bonchev–Trinajstić information content (AvgIpc) is 3.67. The van der Waals surface area contributed by atoms with Crippen LogP contribution in [0.3, 0.4) is 0 Å². The van der Waals surface area contributed by atoms with E-state index < -0.39 is 24.3 Å². The van der Waals surface area contributed by atoms with Crippen LogP contribution < -0.4 is 10.2 Å². The summed E-state index contributed by atoms with van der Waals surface area (Å²) in [5.41, 5.74) is 30.7. The van der Waals surface area contributed by atoms with Gasteiger partial charge in [-0.3, -0.25) is 0 Å². The number of carboxylic acids is 2. The summed E-state index contributed by atoms with van der Waals surface area (Å²) in [6.07, 6.45) is 24.9. The number of hydrogen-bond donors (Lipinski definition) is 0. The largest absolute Gasteiger partial charge is 0.542 e. The van der Waals surface area contributed by atoms with Crippen molar-refractivity contribution in [1.82, 2.24) is 0 Å². The lowest BCUT2D eigenvalue weighted by molar-refractivity contribution is -0.344. The van der Waals surface area contributed by atoms with E-state index >= 15 is 0 Å². The summed E-state index contributed by atoms with van der Waals surface area (Å²) in [5, 5.41) is 17.6.